The molecule has 14 nitrogen and oxygen atoms in total. The molecule has 3 aromatic heterocycles. The van der Waals surface area contributed by atoms with Gasteiger partial charge in [-0.05, 0) is 51.2 Å². The number of carbonyl (C=O) groups excluding carboxylic acids is 4. The predicted molar refractivity (Wildman–Crippen MR) is 168 cm³/mol. The van der Waals surface area contributed by atoms with E-state index < -0.39 is 0 Å². The summed E-state index contributed by atoms with van der Waals surface area (Å²) in [6.07, 6.45) is 7.75. The lowest BCUT2D eigenvalue weighted by Gasteiger charge is -2.27. The monoisotopic (exact) mass is 631 g/mol. The highest BCUT2D eigenvalue weighted by Gasteiger charge is 2.30. The Hall–Kier alpha value is -4.72. The van der Waals surface area contributed by atoms with Gasteiger partial charge < -0.3 is 25.2 Å². The molecule has 5 rings (SSSR count). The van der Waals surface area contributed by atoms with Crippen molar-refractivity contribution in [1.29, 1.82) is 0 Å². The first-order valence-corrected chi connectivity index (χ1v) is 15.7. The van der Waals surface area contributed by atoms with Crippen LogP contribution in [0.3, 0.4) is 0 Å². The van der Waals surface area contributed by atoms with Gasteiger partial charge in [-0.1, -0.05) is 0 Å². The molecule has 1 atom stereocenters. The molecule has 46 heavy (non-hydrogen) atoms. The minimum absolute atomic E-state index is 0.103. The number of pyridine rings is 1. The Morgan fingerprint density at radius 2 is 1.96 bits per heavy atom. The highest BCUT2D eigenvalue weighted by Crippen LogP contribution is 2.25. The zero-order chi connectivity index (χ0) is 32.6. The summed E-state index contributed by atoms with van der Waals surface area (Å²) in [6.45, 7) is 3.18. The Morgan fingerprint density at radius 3 is 2.72 bits per heavy atom. The number of methoxy groups -OCH3 is 1. The second kappa shape index (κ2) is 15.0. The van der Waals surface area contributed by atoms with Crippen molar-refractivity contribution in [3.8, 4) is 11.4 Å². The number of rotatable bonds is 5. The highest BCUT2D eigenvalue weighted by molar-refractivity contribution is 5.95. The number of amides is 4. The van der Waals surface area contributed by atoms with E-state index in [0.29, 0.717) is 81.1 Å². The van der Waals surface area contributed by atoms with E-state index in [9.17, 15) is 19.2 Å². The van der Waals surface area contributed by atoms with E-state index in [0.717, 1.165) is 16.8 Å². The van der Waals surface area contributed by atoms with Crippen molar-refractivity contribution < 1.29 is 23.9 Å². The lowest BCUT2D eigenvalue weighted by molar-refractivity contribution is -0.137. The maximum atomic E-state index is 13.8. The number of aryl methyl sites for hydroxylation is 2. The molecule has 244 valence electrons. The summed E-state index contributed by atoms with van der Waals surface area (Å²) in [7, 11) is 3.37. The molecule has 2 N–H and O–H groups in total. The van der Waals surface area contributed by atoms with E-state index in [2.05, 4.69) is 30.7 Å². The van der Waals surface area contributed by atoms with E-state index in [-0.39, 0.29) is 49.2 Å². The van der Waals surface area contributed by atoms with Crippen molar-refractivity contribution in [1.82, 2.24) is 45.2 Å². The molecule has 0 spiro atoms. The van der Waals surface area contributed by atoms with Crippen molar-refractivity contribution in [3.63, 3.8) is 0 Å². The standard InChI is InChI=1S/C32H41N9O5/c1-21-25(19-35-30(36-21)22-7-4-11-33-18-22)32(45)40-13-5-8-28(43)41(15-16-46-3)20-27(42)37-23-9-10-26-24(17-23)29(38-39(26)2)31(44)34-12-6-14-40/h4,7,11,18-19,23H,5-6,8-10,12-17,20H2,1-3H3,(H,34,44)(H,37,42). The maximum Gasteiger partial charge on any atom is 0.272 e. The number of nitrogens with zero attached hydrogens (tertiary/aromatic N) is 7. The zero-order valence-electron chi connectivity index (χ0n) is 26.6. The maximum absolute atomic E-state index is 13.8. The molecular formula is C32H41N9O5. The molecule has 3 aromatic rings. The number of ether oxygens (including phenoxy) is 1. The van der Waals surface area contributed by atoms with Gasteiger partial charge in [-0.3, -0.25) is 28.8 Å². The van der Waals surface area contributed by atoms with E-state index in [1.807, 2.05) is 13.1 Å². The van der Waals surface area contributed by atoms with Gasteiger partial charge >= 0.3 is 0 Å². The smallest absolute Gasteiger partial charge is 0.272 e. The van der Waals surface area contributed by atoms with Crippen LogP contribution in [-0.4, -0.2) is 111 Å². The van der Waals surface area contributed by atoms with Gasteiger partial charge in [0.25, 0.3) is 11.8 Å². The van der Waals surface area contributed by atoms with Gasteiger partial charge in [0.1, 0.15) is 0 Å². The summed E-state index contributed by atoms with van der Waals surface area (Å²) in [5.74, 6) is -0.527. The Morgan fingerprint density at radius 1 is 1.13 bits per heavy atom. The largest absolute Gasteiger partial charge is 0.383 e. The molecule has 1 aliphatic carbocycles. The van der Waals surface area contributed by atoms with Gasteiger partial charge in [0, 0.05) is 88.2 Å². The lowest BCUT2D eigenvalue weighted by Crippen LogP contribution is -2.47. The molecule has 2 bridgehead atoms. The third-order valence-electron chi connectivity index (χ3n) is 8.41. The van der Waals surface area contributed by atoms with Crippen molar-refractivity contribution in [2.24, 2.45) is 7.05 Å². The zero-order valence-corrected chi connectivity index (χ0v) is 26.6. The Labute approximate surface area is 267 Å². The van der Waals surface area contributed by atoms with Gasteiger partial charge in [-0.15, -0.1) is 0 Å². The van der Waals surface area contributed by atoms with Crippen LogP contribution in [-0.2, 0) is 34.2 Å². The van der Waals surface area contributed by atoms with Crippen LogP contribution < -0.4 is 10.6 Å². The number of nitrogens with one attached hydrogen (secondary N) is 2. The van der Waals surface area contributed by atoms with E-state index in [1.54, 1.807) is 42.1 Å². The SMILES string of the molecule is COCCN1CC(=O)NC2CCc3c(c(nn3C)C(=O)NCCCN(C(=O)c3cnc(-c4cccnc4)nc3C)CCCC1=O)C2. The van der Waals surface area contributed by atoms with Gasteiger partial charge in [0.05, 0.1) is 24.4 Å². The summed E-state index contributed by atoms with van der Waals surface area (Å²) in [6, 6.07) is 3.48. The Kier molecular flexibility index (Phi) is 10.7. The molecular weight excluding hydrogens is 590 g/mol. The van der Waals surface area contributed by atoms with Crippen LogP contribution in [0.4, 0.5) is 0 Å². The molecule has 14 heteroatoms. The van der Waals surface area contributed by atoms with Crippen LogP contribution in [0.25, 0.3) is 11.4 Å². The van der Waals surface area contributed by atoms with Crippen molar-refractivity contribution in [2.45, 2.75) is 51.5 Å². The molecule has 1 unspecified atom stereocenters. The van der Waals surface area contributed by atoms with Crippen LogP contribution in [0.15, 0.2) is 30.7 Å². The average molecular weight is 632 g/mol. The van der Waals surface area contributed by atoms with Crippen LogP contribution in [0.5, 0.6) is 0 Å². The highest BCUT2D eigenvalue weighted by atomic mass is 16.5. The van der Waals surface area contributed by atoms with Crippen molar-refractivity contribution in [3.05, 3.63) is 58.9 Å². The third kappa shape index (κ3) is 7.73. The predicted octanol–water partition coefficient (Wildman–Crippen LogP) is 1.09. The fourth-order valence-electron chi connectivity index (χ4n) is 5.97. The fraction of sp³-hybridized carbons (Fsp3) is 0.500. The second-order valence-corrected chi connectivity index (χ2v) is 11.7. The quantitative estimate of drug-likeness (QED) is 0.419. The molecule has 4 amide bonds. The normalized spacial score (nSPS) is 18.4. The number of carbonyl (C=O) groups is 4. The van der Waals surface area contributed by atoms with E-state index in [4.69, 9.17) is 4.74 Å². The summed E-state index contributed by atoms with van der Waals surface area (Å²) >= 11 is 0. The van der Waals surface area contributed by atoms with Crippen molar-refractivity contribution in [2.75, 3.05) is 46.4 Å². The first-order chi connectivity index (χ1) is 22.2. The van der Waals surface area contributed by atoms with Gasteiger partial charge in [0.2, 0.25) is 11.8 Å². The molecule has 4 heterocycles. The Balaban J connectivity index is 1.36. The summed E-state index contributed by atoms with van der Waals surface area (Å²) in [5.41, 5.74) is 3.78. The van der Waals surface area contributed by atoms with E-state index >= 15 is 0 Å². The minimum atomic E-state index is -0.283. The molecule has 0 saturated carbocycles. The number of hydrogen-bond acceptors (Lipinski definition) is 9. The van der Waals surface area contributed by atoms with Crippen LogP contribution in [0.1, 0.15) is 63.5 Å². The average Bonchev–Trinajstić information content (AvgIpc) is 3.38. The lowest BCUT2D eigenvalue weighted by atomic mass is 9.91. The van der Waals surface area contributed by atoms with Gasteiger partial charge in [0.15, 0.2) is 11.5 Å². The number of hydrogen-bond donors (Lipinski definition) is 2. The summed E-state index contributed by atoms with van der Waals surface area (Å²) in [5, 5.41) is 10.5. The topological polar surface area (TPSA) is 165 Å². The molecule has 2 aliphatic rings. The first-order valence-electron chi connectivity index (χ1n) is 15.7. The number of fused-ring (bicyclic) bond motifs is 1. The second-order valence-electron chi connectivity index (χ2n) is 11.7. The molecule has 1 aliphatic heterocycles. The van der Waals surface area contributed by atoms with Crippen LogP contribution in [0.2, 0.25) is 0 Å². The van der Waals surface area contributed by atoms with Crippen LogP contribution in [0, 0.1) is 6.92 Å². The fourth-order valence-corrected chi connectivity index (χ4v) is 5.97. The molecule has 0 radical (unpaired) electrons. The minimum Gasteiger partial charge on any atom is -0.383 e. The Bertz CT molecular complexity index is 1580. The van der Waals surface area contributed by atoms with Crippen LogP contribution >= 0.6 is 0 Å². The summed E-state index contributed by atoms with van der Waals surface area (Å²) in [4.78, 5) is 69.7. The number of aromatic nitrogens is 5. The third-order valence-corrected chi connectivity index (χ3v) is 8.41. The first kappa shape index (κ1) is 32.7. The summed E-state index contributed by atoms with van der Waals surface area (Å²) < 4.78 is 6.94. The van der Waals surface area contributed by atoms with Crippen molar-refractivity contribution >= 4 is 23.6 Å². The van der Waals surface area contributed by atoms with E-state index in [1.165, 1.54) is 11.1 Å². The molecule has 0 saturated heterocycles. The van der Waals surface area contributed by atoms with Gasteiger partial charge in [-0.2, -0.15) is 5.10 Å². The van der Waals surface area contributed by atoms with Gasteiger partial charge in [-0.25, -0.2) is 9.97 Å². The molecule has 0 aromatic carbocycles. The molecule has 0 fully saturated rings.